The van der Waals surface area contributed by atoms with Gasteiger partial charge < -0.3 is 19.6 Å². The number of H-pyrrole nitrogens is 1. The summed E-state index contributed by atoms with van der Waals surface area (Å²) < 4.78 is 44.0. The molecule has 2 aromatic heterocycles. The highest BCUT2D eigenvalue weighted by Crippen LogP contribution is 2.22. The zero-order valence-corrected chi connectivity index (χ0v) is 16.7. The number of hydrogen-bond donors (Lipinski definition) is 2. The van der Waals surface area contributed by atoms with Gasteiger partial charge in [-0.1, -0.05) is 18.2 Å². The number of para-hydroxylation sites is 1. The van der Waals surface area contributed by atoms with Crippen molar-refractivity contribution in [3.05, 3.63) is 60.2 Å². The van der Waals surface area contributed by atoms with Crippen LogP contribution < -0.4 is 5.32 Å². The number of nitrogens with one attached hydrogen (secondary N) is 2. The molecule has 1 aliphatic heterocycles. The van der Waals surface area contributed by atoms with Gasteiger partial charge in [-0.2, -0.15) is 13.2 Å². The smallest absolute Gasteiger partial charge is 0.406 e. The lowest BCUT2D eigenvalue weighted by molar-refractivity contribution is -0.163. The Hall–Kier alpha value is -3.76. The number of aromatic nitrogens is 1. The number of furan rings is 1. The monoisotopic (exact) mass is 448 g/mol. The van der Waals surface area contributed by atoms with Crippen LogP contribution in [0.15, 0.2) is 53.3 Å². The summed E-state index contributed by atoms with van der Waals surface area (Å²) in [6.45, 7) is -2.77. The fourth-order valence-corrected chi connectivity index (χ4v) is 3.66. The molecule has 0 bridgehead atoms. The molecule has 0 radical (unpaired) electrons. The van der Waals surface area contributed by atoms with E-state index in [1.54, 1.807) is 6.20 Å². The van der Waals surface area contributed by atoms with Gasteiger partial charge in [0.05, 0.1) is 12.8 Å². The molecular formula is C21H19F3N4O4. The van der Waals surface area contributed by atoms with Crippen molar-refractivity contribution in [3.8, 4) is 0 Å². The number of rotatable bonds is 7. The van der Waals surface area contributed by atoms with Crippen LogP contribution in [0.25, 0.3) is 10.9 Å². The van der Waals surface area contributed by atoms with Gasteiger partial charge >= 0.3 is 12.2 Å². The number of alkyl halides is 3. The lowest BCUT2D eigenvalue weighted by atomic mass is 10.1. The van der Waals surface area contributed by atoms with E-state index in [0.717, 1.165) is 16.5 Å². The van der Waals surface area contributed by atoms with E-state index in [9.17, 15) is 27.6 Å². The quantitative estimate of drug-likeness (QED) is 0.543. The highest BCUT2D eigenvalue weighted by atomic mass is 19.4. The molecule has 4 amide bonds. The van der Waals surface area contributed by atoms with E-state index in [1.807, 2.05) is 24.3 Å². The van der Waals surface area contributed by atoms with Crippen LogP contribution in [-0.2, 0) is 22.6 Å². The number of carbonyl (C=O) groups excluding carboxylic acids is 3. The second-order valence-electron chi connectivity index (χ2n) is 7.43. The molecule has 168 valence electrons. The van der Waals surface area contributed by atoms with Crippen LogP contribution in [0, 0.1) is 0 Å². The number of halogens is 3. The number of fused-ring (bicyclic) bond motifs is 1. The van der Waals surface area contributed by atoms with Crippen LogP contribution in [0.3, 0.4) is 0 Å². The molecule has 1 aromatic carbocycles. The van der Waals surface area contributed by atoms with Gasteiger partial charge in [0, 0.05) is 23.5 Å². The average molecular weight is 448 g/mol. The van der Waals surface area contributed by atoms with Gasteiger partial charge in [0.15, 0.2) is 0 Å². The number of hydrogen-bond acceptors (Lipinski definition) is 4. The van der Waals surface area contributed by atoms with Gasteiger partial charge in [-0.25, -0.2) is 4.79 Å². The Labute approximate surface area is 180 Å². The molecule has 3 heterocycles. The van der Waals surface area contributed by atoms with Gasteiger partial charge in [0.25, 0.3) is 5.91 Å². The first-order valence-corrected chi connectivity index (χ1v) is 9.75. The summed E-state index contributed by atoms with van der Waals surface area (Å²) in [6.07, 6.45) is -1.47. The van der Waals surface area contributed by atoms with E-state index in [0.29, 0.717) is 9.80 Å². The third-order valence-electron chi connectivity index (χ3n) is 5.15. The van der Waals surface area contributed by atoms with Crippen molar-refractivity contribution >= 4 is 28.7 Å². The van der Waals surface area contributed by atoms with E-state index in [4.69, 9.17) is 4.42 Å². The van der Waals surface area contributed by atoms with Gasteiger partial charge in [-0.3, -0.25) is 14.5 Å². The summed E-state index contributed by atoms with van der Waals surface area (Å²) in [5, 5.41) is 3.39. The number of carbonyl (C=O) groups is 3. The number of aromatic amines is 1. The van der Waals surface area contributed by atoms with E-state index in [1.165, 1.54) is 18.4 Å². The topological polar surface area (TPSA) is 98.7 Å². The van der Waals surface area contributed by atoms with Crippen molar-refractivity contribution in [2.24, 2.45) is 0 Å². The summed E-state index contributed by atoms with van der Waals surface area (Å²) in [5.41, 5.74) is 1.66. The molecule has 0 saturated carbocycles. The molecule has 3 aromatic rings. The van der Waals surface area contributed by atoms with Crippen molar-refractivity contribution in [2.75, 3.05) is 13.1 Å². The lowest BCUT2D eigenvalue weighted by Gasteiger charge is -2.24. The SMILES string of the molecule is O=C(CN1C(=O)NC(Cc2c[nH]c3ccccc23)C1=O)N(Cc1ccco1)CC(F)(F)F. The summed E-state index contributed by atoms with van der Waals surface area (Å²) >= 11 is 0. The fourth-order valence-electron chi connectivity index (χ4n) is 3.66. The van der Waals surface area contributed by atoms with Crippen LogP contribution >= 0.6 is 0 Å². The maximum atomic E-state index is 13.0. The van der Waals surface area contributed by atoms with Crippen LogP contribution in [0.2, 0.25) is 0 Å². The number of amides is 4. The van der Waals surface area contributed by atoms with Gasteiger partial charge in [-0.05, 0) is 23.8 Å². The molecule has 11 heteroatoms. The molecule has 1 atom stereocenters. The molecule has 1 saturated heterocycles. The maximum Gasteiger partial charge on any atom is 0.406 e. The third-order valence-corrected chi connectivity index (χ3v) is 5.15. The Morgan fingerprint density at radius 3 is 2.66 bits per heavy atom. The van der Waals surface area contributed by atoms with Crippen molar-refractivity contribution in [1.29, 1.82) is 0 Å². The fraction of sp³-hybridized carbons (Fsp3) is 0.286. The first-order chi connectivity index (χ1) is 15.2. The largest absolute Gasteiger partial charge is 0.467 e. The summed E-state index contributed by atoms with van der Waals surface area (Å²) in [5.74, 6) is -1.54. The second kappa shape index (κ2) is 8.40. The number of imide groups is 1. The van der Waals surface area contributed by atoms with Gasteiger partial charge in [0.1, 0.15) is 24.9 Å². The molecule has 1 fully saturated rings. The molecule has 8 nitrogen and oxygen atoms in total. The zero-order valence-electron chi connectivity index (χ0n) is 16.7. The number of benzene rings is 1. The lowest BCUT2D eigenvalue weighted by Crippen LogP contribution is -2.46. The Morgan fingerprint density at radius 1 is 1.16 bits per heavy atom. The Morgan fingerprint density at radius 2 is 1.94 bits per heavy atom. The summed E-state index contributed by atoms with van der Waals surface area (Å²) in [7, 11) is 0. The molecule has 0 spiro atoms. The second-order valence-corrected chi connectivity index (χ2v) is 7.43. The predicted molar refractivity (Wildman–Crippen MR) is 106 cm³/mol. The minimum absolute atomic E-state index is 0.150. The summed E-state index contributed by atoms with van der Waals surface area (Å²) in [4.78, 5) is 41.9. The van der Waals surface area contributed by atoms with Crippen molar-refractivity contribution in [3.63, 3.8) is 0 Å². The van der Waals surface area contributed by atoms with Crippen LogP contribution in [-0.4, -0.2) is 57.9 Å². The average Bonchev–Trinajstić information content (AvgIpc) is 3.44. The van der Waals surface area contributed by atoms with Crippen molar-refractivity contribution in [2.45, 2.75) is 25.2 Å². The first kappa shape index (κ1) is 21.5. The molecule has 2 N–H and O–H groups in total. The molecule has 1 aliphatic rings. The molecule has 1 unspecified atom stereocenters. The normalized spacial score (nSPS) is 16.6. The maximum absolute atomic E-state index is 13.0. The third kappa shape index (κ3) is 4.61. The molecule has 32 heavy (non-hydrogen) atoms. The van der Waals surface area contributed by atoms with Gasteiger partial charge in [0.2, 0.25) is 5.91 Å². The highest BCUT2D eigenvalue weighted by molar-refractivity contribution is 6.06. The Balaban J connectivity index is 1.46. The van der Waals surface area contributed by atoms with E-state index in [2.05, 4.69) is 10.3 Å². The number of nitrogens with zero attached hydrogens (tertiary/aromatic N) is 2. The van der Waals surface area contributed by atoms with Crippen molar-refractivity contribution < 1.29 is 32.0 Å². The first-order valence-electron chi connectivity index (χ1n) is 9.75. The molecule has 4 rings (SSSR count). The minimum atomic E-state index is -4.66. The molecular weight excluding hydrogens is 429 g/mol. The Bertz CT molecular complexity index is 1140. The van der Waals surface area contributed by atoms with Crippen LogP contribution in [0.5, 0.6) is 0 Å². The number of urea groups is 1. The predicted octanol–water partition coefficient (Wildman–Crippen LogP) is 2.81. The van der Waals surface area contributed by atoms with Crippen molar-refractivity contribution in [1.82, 2.24) is 20.1 Å². The standard InChI is InChI=1S/C21H19F3N4O4/c22-21(23,24)12-27(10-14-4-3-7-32-14)18(29)11-28-19(30)17(26-20(28)31)8-13-9-25-16-6-2-1-5-15(13)16/h1-7,9,17,25H,8,10-12H2,(H,26,31). The van der Waals surface area contributed by atoms with Gasteiger partial charge in [-0.15, -0.1) is 0 Å². The van der Waals surface area contributed by atoms with Crippen LogP contribution in [0.4, 0.5) is 18.0 Å². The van der Waals surface area contributed by atoms with E-state index in [-0.39, 0.29) is 12.2 Å². The van der Waals surface area contributed by atoms with E-state index >= 15 is 0 Å². The Kier molecular flexibility index (Phi) is 5.64. The van der Waals surface area contributed by atoms with E-state index < -0.39 is 49.7 Å². The molecule has 0 aliphatic carbocycles. The van der Waals surface area contributed by atoms with Crippen LogP contribution in [0.1, 0.15) is 11.3 Å². The highest BCUT2D eigenvalue weighted by Gasteiger charge is 2.41. The minimum Gasteiger partial charge on any atom is -0.467 e. The zero-order chi connectivity index (χ0) is 22.9. The summed E-state index contributed by atoms with van der Waals surface area (Å²) in [6, 6.07) is 8.61.